The van der Waals surface area contributed by atoms with Gasteiger partial charge in [-0.1, -0.05) is 30.3 Å². The summed E-state index contributed by atoms with van der Waals surface area (Å²) in [5.41, 5.74) is -2.69. The molecule has 0 spiro atoms. The van der Waals surface area contributed by atoms with Gasteiger partial charge in [0.05, 0.1) is 12.9 Å². The van der Waals surface area contributed by atoms with Gasteiger partial charge >= 0.3 is 0 Å². The molecule has 30 heavy (non-hydrogen) atoms. The van der Waals surface area contributed by atoms with Gasteiger partial charge in [0.2, 0.25) is 11.7 Å². The molecule has 2 aliphatic heterocycles. The van der Waals surface area contributed by atoms with Gasteiger partial charge in [-0.05, 0) is 0 Å². The predicted octanol–water partition coefficient (Wildman–Crippen LogP) is -2.36. The number of hydrogen-bond acceptors (Lipinski definition) is 10. The van der Waals surface area contributed by atoms with Crippen LogP contribution in [0.1, 0.15) is 11.8 Å². The molecule has 4 heterocycles. The van der Waals surface area contributed by atoms with Crippen molar-refractivity contribution in [1.82, 2.24) is 19.1 Å². The molecule has 12 heteroatoms. The molecule has 3 aromatic rings. The van der Waals surface area contributed by atoms with Gasteiger partial charge in [0.25, 0.3) is 5.56 Å². The molecule has 1 saturated heterocycles. The van der Waals surface area contributed by atoms with E-state index in [1.807, 2.05) is 0 Å². The normalized spacial score (nSPS) is 33.0. The maximum absolute atomic E-state index is 13.2. The van der Waals surface area contributed by atoms with Gasteiger partial charge in [-0.3, -0.25) is 9.36 Å². The van der Waals surface area contributed by atoms with Gasteiger partial charge in [-0.25, -0.2) is 9.55 Å². The molecular weight excluding hydrogens is 398 g/mol. The number of ether oxygens (including phenoxy) is 1. The first-order valence-corrected chi connectivity index (χ1v) is 9.23. The van der Waals surface area contributed by atoms with Gasteiger partial charge in [0.1, 0.15) is 18.3 Å². The van der Waals surface area contributed by atoms with Crippen LogP contribution in [-0.2, 0) is 10.5 Å². The lowest BCUT2D eigenvalue weighted by Crippen LogP contribution is -2.47. The first kappa shape index (κ1) is 19.1. The molecule has 158 valence electrons. The number of anilines is 1. The van der Waals surface area contributed by atoms with Crippen molar-refractivity contribution in [2.24, 2.45) is 0 Å². The third-order valence-corrected chi connectivity index (χ3v) is 5.57. The van der Waals surface area contributed by atoms with E-state index in [4.69, 9.17) is 4.74 Å². The standard InChI is InChI=1S/C18H19N5O7/c24-6-9-11(25)12(26)15(30-9)22-7-19-10-13(22)20-17-21-16(28)18(29,23(17)14(10)27)8-4-2-1-3-5-8/h1-5,7,9,11-12,15-16,24-26,28-29H,6H2,(H,20,21)/t9-,11?,12?,15-,16?,18?/m1/s1. The lowest BCUT2D eigenvalue weighted by molar-refractivity contribution is -0.0756. The highest BCUT2D eigenvalue weighted by Gasteiger charge is 2.49. The predicted molar refractivity (Wildman–Crippen MR) is 100 cm³/mol. The fourth-order valence-corrected chi connectivity index (χ4v) is 3.99. The van der Waals surface area contributed by atoms with E-state index >= 15 is 0 Å². The second kappa shape index (κ2) is 6.57. The van der Waals surface area contributed by atoms with Crippen LogP contribution in [0.3, 0.4) is 0 Å². The van der Waals surface area contributed by atoms with Gasteiger partial charge in [-0.2, -0.15) is 4.98 Å². The smallest absolute Gasteiger partial charge is 0.285 e. The van der Waals surface area contributed by atoms with Crippen molar-refractivity contribution in [1.29, 1.82) is 0 Å². The summed E-state index contributed by atoms with van der Waals surface area (Å²) in [6.07, 6.45) is -5.23. The third-order valence-electron chi connectivity index (χ3n) is 5.57. The number of rotatable bonds is 3. The Kier molecular flexibility index (Phi) is 4.18. The van der Waals surface area contributed by atoms with Crippen molar-refractivity contribution in [3.05, 3.63) is 52.6 Å². The summed E-state index contributed by atoms with van der Waals surface area (Å²) < 4.78 is 7.66. The number of aliphatic hydroxyl groups excluding tert-OH is 4. The number of hydrogen-bond donors (Lipinski definition) is 6. The van der Waals surface area contributed by atoms with Crippen molar-refractivity contribution < 1.29 is 30.3 Å². The Morgan fingerprint density at radius 1 is 1.17 bits per heavy atom. The van der Waals surface area contributed by atoms with Gasteiger partial charge < -0.3 is 35.6 Å². The quantitative estimate of drug-likeness (QED) is 0.270. The summed E-state index contributed by atoms with van der Waals surface area (Å²) in [6.45, 7) is -0.509. The molecule has 12 nitrogen and oxygen atoms in total. The molecule has 1 aromatic carbocycles. The van der Waals surface area contributed by atoms with Crippen LogP contribution in [0.5, 0.6) is 0 Å². The van der Waals surface area contributed by atoms with E-state index in [9.17, 15) is 30.3 Å². The van der Waals surface area contributed by atoms with E-state index in [1.54, 1.807) is 30.3 Å². The van der Waals surface area contributed by atoms with Gasteiger partial charge in [-0.15, -0.1) is 0 Å². The number of fused-ring (bicyclic) bond motifs is 2. The fraction of sp³-hybridized carbons (Fsp3) is 0.389. The lowest BCUT2D eigenvalue weighted by atomic mass is 10.0. The highest BCUT2D eigenvalue weighted by Crippen LogP contribution is 2.36. The van der Waals surface area contributed by atoms with E-state index in [1.165, 1.54) is 10.9 Å². The third kappa shape index (κ3) is 2.40. The summed E-state index contributed by atoms with van der Waals surface area (Å²) in [7, 11) is 0. The molecule has 0 saturated carbocycles. The Labute approximate surface area is 168 Å². The van der Waals surface area contributed by atoms with Crippen LogP contribution in [0.4, 0.5) is 5.95 Å². The average Bonchev–Trinajstić information content (AvgIpc) is 3.37. The average molecular weight is 417 g/mol. The molecule has 6 atom stereocenters. The summed E-state index contributed by atoms with van der Waals surface area (Å²) in [5.74, 6) is -0.111. The Morgan fingerprint density at radius 3 is 2.57 bits per heavy atom. The monoisotopic (exact) mass is 417 g/mol. The number of aromatic nitrogens is 4. The largest absolute Gasteiger partial charge is 0.394 e. The summed E-state index contributed by atoms with van der Waals surface area (Å²) >= 11 is 0. The van der Waals surface area contributed by atoms with Crippen molar-refractivity contribution >= 4 is 17.1 Å². The first-order chi connectivity index (χ1) is 14.4. The molecule has 2 aromatic heterocycles. The van der Waals surface area contributed by atoms with E-state index in [0.717, 1.165) is 4.57 Å². The van der Waals surface area contributed by atoms with E-state index in [2.05, 4.69) is 15.3 Å². The number of aliphatic hydroxyl groups is 5. The molecular formula is C18H19N5O7. The molecule has 6 N–H and O–H groups in total. The summed E-state index contributed by atoms with van der Waals surface area (Å²) in [6, 6.07) is 8.18. The number of nitrogens with one attached hydrogen (secondary N) is 1. The van der Waals surface area contributed by atoms with Gasteiger partial charge in [0, 0.05) is 5.56 Å². The molecule has 0 aliphatic carbocycles. The number of benzene rings is 1. The zero-order chi connectivity index (χ0) is 21.2. The zero-order valence-corrected chi connectivity index (χ0v) is 15.4. The molecule has 0 amide bonds. The Bertz CT molecular complexity index is 1160. The minimum atomic E-state index is -2.11. The van der Waals surface area contributed by atoms with E-state index < -0.39 is 48.7 Å². The molecule has 0 radical (unpaired) electrons. The SMILES string of the molecule is O=c1c2ncn([C@@H]3O[C@H](CO)C(O)C3O)c2nc2n1C(O)(c1ccccc1)C(O)N2. The van der Waals surface area contributed by atoms with Crippen LogP contribution >= 0.6 is 0 Å². The molecule has 1 fully saturated rings. The van der Waals surface area contributed by atoms with Gasteiger partial charge in [0.15, 0.2) is 23.6 Å². The lowest BCUT2D eigenvalue weighted by Gasteiger charge is -2.27. The van der Waals surface area contributed by atoms with Crippen molar-refractivity contribution in [3.8, 4) is 0 Å². The second-order valence-corrected chi connectivity index (χ2v) is 7.27. The van der Waals surface area contributed by atoms with Crippen LogP contribution in [0.2, 0.25) is 0 Å². The molecule has 0 bridgehead atoms. The Hall–Kier alpha value is -2.87. The van der Waals surface area contributed by atoms with Crippen LogP contribution in [0, 0.1) is 0 Å². The summed E-state index contributed by atoms with van der Waals surface area (Å²) in [4.78, 5) is 21.5. The van der Waals surface area contributed by atoms with Crippen LogP contribution in [0.25, 0.3) is 11.2 Å². The highest BCUT2D eigenvalue weighted by molar-refractivity contribution is 5.72. The number of nitrogens with zero attached hydrogens (tertiary/aromatic N) is 4. The highest BCUT2D eigenvalue weighted by atomic mass is 16.6. The molecule has 5 rings (SSSR count). The zero-order valence-electron chi connectivity index (χ0n) is 15.4. The molecule has 2 aliphatic rings. The van der Waals surface area contributed by atoms with Crippen LogP contribution in [-0.4, -0.2) is 75.8 Å². The van der Waals surface area contributed by atoms with Crippen molar-refractivity contribution in [3.63, 3.8) is 0 Å². The second-order valence-electron chi connectivity index (χ2n) is 7.27. The van der Waals surface area contributed by atoms with Crippen molar-refractivity contribution in [2.45, 2.75) is 36.5 Å². The van der Waals surface area contributed by atoms with Crippen LogP contribution < -0.4 is 10.9 Å². The minimum absolute atomic E-state index is 0.0121. The van der Waals surface area contributed by atoms with Crippen LogP contribution in [0.15, 0.2) is 41.5 Å². The topological polar surface area (TPSA) is 175 Å². The summed E-state index contributed by atoms with van der Waals surface area (Å²) in [5, 5.41) is 53.9. The van der Waals surface area contributed by atoms with E-state index in [0.29, 0.717) is 0 Å². The first-order valence-electron chi connectivity index (χ1n) is 9.23. The van der Waals surface area contributed by atoms with Crippen molar-refractivity contribution in [2.75, 3.05) is 11.9 Å². The Morgan fingerprint density at radius 2 is 1.90 bits per heavy atom. The van der Waals surface area contributed by atoms with E-state index in [-0.39, 0.29) is 22.7 Å². The maximum Gasteiger partial charge on any atom is 0.285 e. The maximum atomic E-state index is 13.2. The number of imidazole rings is 1. The minimum Gasteiger partial charge on any atom is -0.394 e. The Balaban J connectivity index is 1.67. The molecule has 4 unspecified atom stereocenters. The fourth-order valence-electron chi connectivity index (χ4n) is 3.99.